The van der Waals surface area contributed by atoms with Gasteiger partial charge in [-0.1, -0.05) is 0 Å². The van der Waals surface area contributed by atoms with Crippen LogP contribution in [0.4, 0.5) is 0 Å². The second-order valence-corrected chi connectivity index (χ2v) is 11.8. The summed E-state index contributed by atoms with van der Waals surface area (Å²) in [5.41, 5.74) is 0.870. The van der Waals surface area contributed by atoms with Gasteiger partial charge in [0, 0.05) is 0 Å². The summed E-state index contributed by atoms with van der Waals surface area (Å²) in [5.74, 6) is 0. The maximum absolute atomic E-state index is 7.50. The van der Waals surface area contributed by atoms with Crippen molar-refractivity contribution >= 4 is 12.4 Å². The first-order valence-corrected chi connectivity index (χ1v) is 12.2. The van der Waals surface area contributed by atoms with Crippen molar-refractivity contribution in [2.24, 2.45) is 0 Å². The fourth-order valence-electron chi connectivity index (χ4n) is 1.95. The summed E-state index contributed by atoms with van der Waals surface area (Å²) in [6, 6.07) is 0. The number of hydrogen-bond donors (Lipinski definition) is 0. The number of nitrogens with zero attached hydrogens (tertiary/aromatic N) is 1. The second-order valence-electron chi connectivity index (χ2n) is 5.90. The van der Waals surface area contributed by atoms with E-state index in [1.165, 1.54) is 19.4 Å². The van der Waals surface area contributed by atoms with Gasteiger partial charge in [-0.15, -0.1) is 0 Å². The van der Waals surface area contributed by atoms with Crippen molar-refractivity contribution in [1.29, 1.82) is 0 Å². The van der Waals surface area contributed by atoms with Gasteiger partial charge in [0.25, 0.3) is 0 Å². The van der Waals surface area contributed by atoms with E-state index < -0.39 is 8.32 Å². The number of ether oxygens (including phenoxy) is 1. The SMILES string of the molecule is CCO[C](=[W])/C=C(\N(C)C)C(C)(C)O[Si](C)(C)C.[C-]#[O+].[C-]#[O+].[C-]#[O+].[C-]#[O+].[C-]#[O+]. The molecule has 0 heterocycles. The van der Waals surface area contributed by atoms with Gasteiger partial charge in [0.2, 0.25) is 0 Å². The molecule has 0 aliphatic rings. The van der Waals surface area contributed by atoms with Crippen LogP contribution < -0.4 is 0 Å². The maximum atomic E-state index is 7.50. The summed E-state index contributed by atoms with van der Waals surface area (Å²) in [5, 5.41) is 0. The minimum absolute atomic E-state index is 0.286. The molecule has 8 nitrogen and oxygen atoms in total. The summed E-state index contributed by atoms with van der Waals surface area (Å²) >= 11 is 1.34. The number of rotatable bonds is 7. The average Bonchev–Trinajstić information content (AvgIpc) is 2.66. The van der Waals surface area contributed by atoms with E-state index in [0.717, 1.165) is 9.78 Å². The second kappa shape index (κ2) is 28.1. The van der Waals surface area contributed by atoms with E-state index in [9.17, 15) is 0 Å². The molecule has 0 aliphatic heterocycles. The topological polar surface area (TPSA) is 121 Å². The Morgan fingerprint density at radius 3 is 1.46 bits per heavy atom. The molecule has 0 radical (unpaired) electrons. The summed E-state index contributed by atoms with van der Waals surface area (Å²) in [6.45, 7) is 36.1. The molecule has 0 saturated heterocycles. The van der Waals surface area contributed by atoms with E-state index in [0.29, 0.717) is 6.61 Å². The molecule has 0 atom stereocenters. The zero-order chi connectivity index (χ0) is 24.6. The predicted molar refractivity (Wildman–Crippen MR) is 96.6 cm³/mol. The van der Waals surface area contributed by atoms with Crippen molar-refractivity contribution in [1.82, 2.24) is 4.90 Å². The number of likely N-dealkylation sites (N-methyl/N-ethyl adjacent to an activating group) is 1. The van der Waals surface area contributed by atoms with Crippen LogP contribution in [-0.4, -0.2) is 43.6 Å². The summed E-state index contributed by atoms with van der Waals surface area (Å²) in [7, 11) is 2.52. The molecule has 0 bridgehead atoms. The summed E-state index contributed by atoms with van der Waals surface area (Å²) in [6.07, 6.45) is 2.11. The van der Waals surface area contributed by atoms with E-state index >= 15 is 0 Å². The molecule has 0 aromatic heterocycles. The van der Waals surface area contributed by atoms with Gasteiger partial charge in [0.1, 0.15) is 0 Å². The molecule has 0 unspecified atom stereocenters. The standard InChI is InChI=1S/C13H27NO2Si.5CO.W/c1-9-15-11-10-12(14(4)5)13(2,3)16-17(6,7)8;5*1-2;/h10H,9H2,1-8H3;;;;;;/b12-10-;;;;;;. The molecule has 0 aromatic carbocycles. The Morgan fingerprint density at radius 1 is 0.929 bits per heavy atom. The predicted octanol–water partition coefficient (Wildman–Crippen LogP) is 2.59. The van der Waals surface area contributed by atoms with Crippen LogP contribution in [0.15, 0.2) is 11.8 Å². The quantitative estimate of drug-likeness (QED) is 0.261. The molecule has 0 spiro atoms. The van der Waals surface area contributed by atoms with Gasteiger partial charge in [-0.3, -0.25) is 0 Å². The Kier molecular flexibility index (Phi) is 41.6. The van der Waals surface area contributed by atoms with Crippen molar-refractivity contribution in [3.63, 3.8) is 0 Å². The van der Waals surface area contributed by atoms with Crippen molar-refractivity contribution in [2.45, 2.75) is 46.0 Å². The Bertz CT molecular complexity index is 478. The third kappa shape index (κ3) is 29.7. The third-order valence-corrected chi connectivity index (χ3v) is 4.17. The fraction of sp³-hybridized carbons (Fsp3) is 0.556. The monoisotopic (exact) mass is 581 g/mol. The average molecular weight is 581 g/mol. The molecular formula is C18H27NO7SiW. The van der Waals surface area contributed by atoms with Crippen molar-refractivity contribution < 1.29 is 51.8 Å². The Labute approximate surface area is 180 Å². The zero-order valence-electron chi connectivity index (χ0n) is 17.5. The van der Waals surface area contributed by atoms with Crippen molar-refractivity contribution in [2.75, 3.05) is 20.7 Å². The Morgan fingerprint density at radius 2 is 1.25 bits per heavy atom. The van der Waals surface area contributed by atoms with Crippen LogP contribution in [0.5, 0.6) is 0 Å². The van der Waals surface area contributed by atoms with Crippen LogP contribution in [0.3, 0.4) is 0 Å². The first-order valence-electron chi connectivity index (χ1n) is 7.28. The summed E-state index contributed by atoms with van der Waals surface area (Å²) in [4.78, 5) is 2.11. The molecule has 0 N–H and O–H groups in total. The van der Waals surface area contributed by atoms with Gasteiger partial charge in [-0.2, -0.15) is 0 Å². The molecule has 0 aliphatic carbocycles. The first-order chi connectivity index (χ1) is 13.0. The molecule has 28 heavy (non-hydrogen) atoms. The third-order valence-electron chi connectivity index (χ3n) is 2.20. The van der Waals surface area contributed by atoms with E-state index in [4.69, 9.17) is 32.4 Å². The molecule has 0 amide bonds. The van der Waals surface area contributed by atoms with Gasteiger partial charge >= 0.3 is 181 Å². The van der Waals surface area contributed by atoms with Crippen molar-refractivity contribution in [3.05, 3.63) is 45.0 Å². The summed E-state index contributed by atoms with van der Waals surface area (Å²) < 4.78 is 50.4. The van der Waals surface area contributed by atoms with Crippen LogP contribution in [0, 0.1) is 33.3 Å². The Balaban J connectivity index is -0.000000104. The van der Waals surface area contributed by atoms with Gasteiger partial charge in [-0.25, -0.2) is 0 Å². The van der Waals surface area contributed by atoms with Crippen LogP contribution in [0.2, 0.25) is 19.6 Å². The van der Waals surface area contributed by atoms with Gasteiger partial charge in [0.15, 0.2) is 0 Å². The van der Waals surface area contributed by atoms with Crippen LogP contribution in [0.1, 0.15) is 20.8 Å². The normalized spacial score (nSPS) is 9.14. The van der Waals surface area contributed by atoms with Gasteiger partial charge in [0.05, 0.1) is 0 Å². The molecule has 0 rings (SSSR count). The first kappa shape index (κ1) is 41.3. The van der Waals surface area contributed by atoms with E-state index in [2.05, 4.69) is 91.8 Å². The molecule has 0 fully saturated rings. The van der Waals surface area contributed by atoms with Crippen LogP contribution in [-0.2, 0) is 51.8 Å². The molecule has 156 valence electrons. The molecule has 0 aromatic rings. The van der Waals surface area contributed by atoms with Gasteiger partial charge < -0.3 is 0 Å². The molecular weight excluding hydrogens is 554 g/mol. The number of hydrogen-bond acceptors (Lipinski definition) is 3. The van der Waals surface area contributed by atoms with Crippen LogP contribution >= 0.6 is 0 Å². The van der Waals surface area contributed by atoms with E-state index in [1.54, 1.807) is 0 Å². The van der Waals surface area contributed by atoms with Crippen molar-refractivity contribution in [3.8, 4) is 0 Å². The zero-order valence-corrected chi connectivity index (χ0v) is 21.4. The Hall–Kier alpha value is -1.06. The van der Waals surface area contributed by atoms with Gasteiger partial charge in [-0.05, 0) is 0 Å². The molecule has 0 saturated carbocycles. The van der Waals surface area contributed by atoms with Crippen LogP contribution in [0.25, 0.3) is 0 Å². The van der Waals surface area contributed by atoms with E-state index in [-0.39, 0.29) is 5.60 Å². The molecule has 10 heteroatoms. The van der Waals surface area contributed by atoms with E-state index in [1.807, 2.05) is 6.92 Å². The fourth-order valence-corrected chi connectivity index (χ4v) is 4.41. The minimum atomic E-state index is -1.58.